The first-order chi connectivity index (χ1) is 14.5. The number of carbonyl (C=O) groups is 1. The molecule has 0 radical (unpaired) electrons. The zero-order valence-corrected chi connectivity index (χ0v) is 17.6. The third-order valence-electron chi connectivity index (χ3n) is 6.51. The molecule has 2 aromatic heterocycles. The van der Waals surface area contributed by atoms with Gasteiger partial charge >= 0.3 is 0 Å². The molecule has 2 atom stereocenters. The molecular formula is C22H26N6O2. The van der Waals surface area contributed by atoms with Crippen molar-refractivity contribution in [3.8, 4) is 0 Å². The first-order valence-electron chi connectivity index (χ1n) is 10.3. The molecule has 3 aromatic rings. The van der Waals surface area contributed by atoms with Crippen LogP contribution in [0.4, 0.5) is 0 Å². The largest absolute Gasteiger partial charge is 0.361 e. The molecule has 2 aliphatic rings. The van der Waals surface area contributed by atoms with Crippen LogP contribution in [-0.4, -0.2) is 62.2 Å². The lowest BCUT2D eigenvalue weighted by atomic mass is 9.80. The van der Waals surface area contributed by atoms with Crippen molar-refractivity contribution in [2.24, 2.45) is 5.92 Å². The summed E-state index contributed by atoms with van der Waals surface area (Å²) in [6, 6.07) is 10.5. The molecule has 1 N–H and O–H groups in total. The minimum atomic E-state index is -0.270. The van der Waals surface area contributed by atoms with Crippen LogP contribution in [0, 0.1) is 26.7 Å². The highest BCUT2D eigenvalue weighted by molar-refractivity contribution is 5.96. The fourth-order valence-corrected chi connectivity index (χ4v) is 5.11. The van der Waals surface area contributed by atoms with Crippen molar-refractivity contribution >= 4 is 5.91 Å². The van der Waals surface area contributed by atoms with E-state index in [9.17, 15) is 4.79 Å². The maximum Gasteiger partial charge on any atom is 0.259 e. The third-order valence-corrected chi connectivity index (χ3v) is 6.51. The molecule has 2 aliphatic heterocycles. The predicted octanol–water partition coefficient (Wildman–Crippen LogP) is 2.24. The summed E-state index contributed by atoms with van der Waals surface area (Å²) in [5.74, 6) is 2.45. The van der Waals surface area contributed by atoms with Crippen molar-refractivity contribution in [3.63, 3.8) is 0 Å². The number of hydrogen-bond acceptors (Lipinski definition) is 6. The van der Waals surface area contributed by atoms with Gasteiger partial charge in [0.25, 0.3) is 5.91 Å². The molecule has 2 saturated heterocycles. The molecule has 0 bridgehead atoms. The number of aromatic amines is 1. The monoisotopic (exact) mass is 406 g/mol. The normalized spacial score (nSPS) is 23.8. The Hall–Kier alpha value is -3.00. The van der Waals surface area contributed by atoms with Crippen LogP contribution < -0.4 is 0 Å². The Morgan fingerprint density at radius 2 is 2.00 bits per heavy atom. The summed E-state index contributed by atoms with van der Waals surface area (Å²) in [5, 5.41) is 11.5. The van der Waals surface area contributed by atoms with Gasteiger partial charge in [-0.25, -0.2) is 4.98 Å². The smallest absolute Gasteiger partial charge is 0.259 e. The number of amides is 1. The van der Waals surface area contributed by atoms with Crippen LogP contribution in [0.5, 0.6) is 0 Å². The van der Waals surface area contributed by atoms with E-state index in [-0.39, 0.29) is 17.2 Å². The van der Waals surface area contributed by atoms with Crippen molar-refractivity contribution in [2.75, 3.05) is 26.2 Å². The van der Waals surface area contributed by atoms with Gasteiger partial charge < -0.3 is 9.42 Å². The predicted molar refractivity (Wildman–Crippen MR) is 110 cm³/mol. The van der Waals surface area contributed by atoms with Crippen LogP contribution >= 0.6 is 0 Å². The Kier molecular flexibility index (Phi) is 4.47. The third kappa shape index (κ3) is 3.02. The Labute approximate surface area is 175 Å². The summed E-state index contributed by atoms with van der Waals surface area (Å²) < 4.78 is 5.23. The second kappa shape index (κ2) is 7.05. The summed E-state index contributed by atoms with van der Waals surface area (Å²) in [7, 11) is 0. The van der Waals surface area contributed by atoms with Gasteiger partial charge in [-0.15, -0.1) is 0 Å². The fourth-order valence-electron chi connectivity index (χ4n) is 5.11. The van der Waals surface area contributed by atoms with Crippen LogP contribution in [0.1, 0.15) is 39.0 Å². The molecule has 2 fully saturated rings. The molecule has 5 rings (SSSR count). The maximum atomic E-state index is 13.3. The highest BCUT2D eigenvalue weighted by Crippen LogP contribution is 2.44. The van der Waals surface area contributed by atoms with E-state index in [1.54, 1.807) is 6.92 Å². The van der Waals surface area contributed by atoms with Gasteiger partial charge in [-0.2, -0.15) is 5.10 Å². The molecule has 1 amide bonds. The SMILES string of the molecule is Cc1nc([C@]23CN(Cc4ccccc4)C[C@H]2CN(C(=O)c2c(C)noc2C)C3)n[nH]1. The second-order valence-electron chi connectivity index (χ2n) is 8.64. The molecule has 0 spiro atoms. The maximum absolute atomic E-state index is 13.3. The van der Waals surface area contributed by atoms with Crippen LogP contribution in [0.15, 0.2) is 34.9 Å². The first-order valence-corrected chi connectivity index (χ1v) is 10.3. The van der Waals surface area contributed by atoms with Gasteiger partial charge in [0.1, 0.15) is 17.1 Å². The number of nitrogens with zero attached hydrogens (tertiary/aromatic N) is 5. The molecular weight excluding hydrogens is 380 g/mol. The van der Waals surface area contributed by atoms with Crippen LogP contribution in [0.3, 0.4) is 0 Å². The minimum absolute atomic E-state index is 0.0121. The summed E-state index contributed by atoms with van der Waals surface area (Å²) >= 11 is 0. The number of carbonyl (C=O) groups excluding carboxylic acids is 1. The zero-order valence-electron chi connectivity index (χ0n) is 17.6. The quantitative estimate of drug-likeness (QED) is 0.715. The molecule has 30 heavy (non-hydrogen) atoms. The number of hydrogen-bond donors (Lipinski definition) is 1. The average molecular weight is 406 g/mol. The number of aryl methyl sites for hydroxylation is 3. The molecule has 4 heterocycles. The van der Waals surface area contributed by atoms with E-state index >= 15 is 0 Å². The molecule has 8 heteroatoms. The van der Waals surface area contributed by atoms with Crippen molar-refractivity contribution in [1.82, 2.24) is 30.1 Å². The number of aromatic nitrogens is 4. The number of fused-ring (bicyclic) bond motifs is 1. The standard InChI is InChI=1S/C22H26N6O2/c1-14-19(15(2)30-26-14)20(29)28-11-18-10-27(9-17-7-5-4-6-8-17)12-22(18,13-28)21-23-16(3)24-25-21/h4-8,18H,9-13H2,1-3H3,(H,23,24,25)/t18-,22-/m0/s1. The average Bonchev–Trinajstić information content (AvgIpc) is 3.46. The Bertz CT molecular complexity index is 1060. The summed E-state index contributed by atoms with van der Waals surface area (Å²) in [5.41, 5.74) is 2.25. The van der Waals surface area contributed by atoms with Gasteiger partial charge in [-0.05, 0) is 26.3 Å². The lowest BCUT2D eigenvalue weighted by molar-refractivity contribution is 0.0766. The van der Waals surface area contributed by atoms with E-state index in [2.05, 4.69) is 44.5 Å². The number of rotatable bonds is 4. The van der Waals surface area contributed by atoms with E-state index in [0.29, 0.717) is 30.1 Å². The van der Waals surface area contributed by atoms with Gasteiger partial charge in [-0.3, -0.25) is 14.8 Å². The van der Waals surface area contributed by atoms with E-state index in [1.165, 1.54) is 5.56 Å². The van der Waals surface area contributed by atoms with Gasteiger partial charge in [0.05, 0.1) is 11.1 Å². The summed E-state index contributed by atoms with van der Waals surface area (Å²) in [6.07, 6.45) is 0. The molecule has 8 nitrogen and oxygen atoms in total. The number of H-pyrrole nitrogens is 1. The van der Waals surface area contributed by atoms with Crippen molar-refractivity contribution in [3.05, 3.63) is 64.6 Å². The van der Waals surface area contributed by atoms with Gasteiger partial charge in [-0.1, -0.05) is 35.5 Å². The molecule has 156 valence electrons. The van der Waals surface area contributed by atoms with Crippen LogP contribution in [0.25, 0.3) is 0 Å². The van der Waals surface area contributed by atoms with E-state index < -0.39 is 0 Å². The summed E-state index contributed by atoms with van der Waals surface area (Å²) in [4.78, 5) is 22.4. The summed E-state index contributed by atoms with van der Waals surface area (Å²) in [6.45, 7) is 9.44. The zero-order chi connectivity index (χ0) is 20.9. The number of benzene rings is 1. The van der Waals surface area contributed by atoms with Gasteiger partial charge in [0, 0.05) is 38.6 Å². The molecule has 0 unspecified atom stereocenters. The van der Waals surface area contributed by atoms with Crippen molar-refractivity contribution < 1.29 is 9.32 Å². The molecule has 0 saturated carbocycles. The Morgan fingerprint density at radius 1 is 1.20 bits per heavy atom. The second-order valence-corrected chi connectivity index (χ2v) is 8.64. The van der Waals surface area contributed by atoms with Gasteiger partial charge in [0.2, 0.25) is 0 Å². The van der Waals surface area contributed by atoms with Crippen LogP contribution in [-0.2, 0) is 12.0 Å². The van der Waals surface area contributed by atoms with Gasteiger partial charge in [0.15, 0.2) is 5.82 Å². The molecule has 1 aromatic carbocycles. The highest BCUT2D eigenvalue weighted by Gasteiger charge is 2.57. The lowest BCUT2D eigenvalue weighted by Crippen LogP contribution is -2.40. The lowest BCUT2D eigenvalue weighted by Gasteiger charge is -2.27. The highest BCUT2D eigenvalue weighted by atomic mass is 16.5. The van der Waals surface area contributed by atoms with E-state index in [0.717, 1.165) is 31.3 Å². The number of likely N-dealkylation sites (tertiary alicyclic amines) is 2. The first kappa shape index (κ1) is 19.0. The van der Waals surface area contributed by atoms with Crippen molar-refractivity contribution in [2.45, 2.75) is 32.7 Å². The Balaban J connectivity index is 1.43. The Morgan fingerprint density at radius 3 is 2.67 bits per heavy atom. The van der Waals surface area contributed by atoms with Crippen molar-refractivity contribution in [1.29, 1.82) is 0 Å². The van der Waals surface area contributed by atoms with E-state index in [4.69, 9.17) is 9.51 Å². The number of nitrogens with one attached hydrogen (secondary N) is 1. The van der Waals surface area contributed by atoms with E-state index in [1.807, 2.05) is 24.8 Å². The van der Waals surface area contributed by atoms with Crippen LogP contribution in [0.2, 0.25) is 0 Å². The topological polar surface area (TPSA) is 91.2 Å². The minimum Gasteiger partial charge on any atom is -0.361 e. The fraction of sp³-hybridized carbons (Fsp3) is 0.455. The molecule has 0 aliphatic carbocycles.